The summed E-state index contributed by atoms with van der Waals surface area (Å²) in [6.45, 7) is 0. The number of rotatable bonds is 3. The van der Waals surface area contributed by atoms with E-state index in [1.165, 1.54) is 12.3 Å². The lowest BCUT2D eigenvalue weighted by Gasteiger charge is -2.04. The molecule has 0 saturated carbocycles. The second-order valence-corrected chi connectivity index (χ2v) is 2.67. The lowest BCUT2D eigenvalue weighted by Crippen LogP contribution is -2.23. The van der Waals surface area contributed by atoms with Crippen molar-refractivity contribution in [3.8, 4) is 6.07 Å². The second-order valence-electron chi connectivity index (χ2n) is 2.67. The number of methoxy groups -OCH3 is 1. The summed E-state index contributed by atoms with van der Waals surface area (Å²) in [6, 6.07) is 6.52. The Balaban J connectivity index is 2.97. The fourth-order valence-corrected chi connectivity index (χ4v) is 1.02. The van der Waals surface area contributed by atoms with E-state index in [-0.39, 0.29) is 5.69 Å². The molecule has 15 heavy (non-hydrogen) atoms. The van der Waals surface area contributed by atoms with E-state index in [0.29, 0.717) is 0 Å². The van der Waals surface area contributed by atoms with Crippen molar-refractivity contribution < 1.29 is 14.3 Å². The molecule has 5 heteroatoms. The van der Waals surface area contributed by atoms with E-state index < -0.39 is 17.7 Å². The van der Waals surface area contributed by atoms with Crippen molar-refractivity contribution in [2.24, 2.45) is 0 Å². The molecule has 0 unspecified atom stereocenters. The number of nitriles is 1. The van der Waals surface area contributed by atoms with Crippen LogP contribution in [-0.4, -0.2) is 23.8 Å². The number of pyridine rings is 1. The first-order chi connectivity index (χ1) is 7.20. The average molecular weight is 204 g/mol. The van der Waals surface area contributed by atoms with Gasteiger partial charge in [0.2, 0.25) is 0 Å². The Kier molecular flexibility index (Phi) is 3.52. The highest BCUT2D eigenvalue weighted by Crippen LogP contribution is 2.13. The van der Waals surface area contributed by atoms with E-state index in [1.807, 2.05) is 0 Å². The number of esters is 1. The number of carbonyl (C=O) groups is 2. The smallest absolute Gasteiger partial charge is 0.376 e. The predicted octanol–water partition coefficient (Wildman–Crippen LogP) is 0.431. The van der Waals surface area contributed by atoms with Gasteiger partial charge < -0.3 is 4.74 Å². The predicted molar refractivity (Wildman–Crippen MR) is 49.6 cm³/mol. The van der Waals surface area contributed by atoms with Crippen LogP contribution in [0.15, 0.2) is 24.4 Å². The van der Waals surface area contributed by atoms with Gasteiger partial charge in [-0.1, -0.05) is 6.07 Å². The molecule has 1 aromatic rings. The average Bonchev–Trinajstić information content (AvgIpc) is 2.30. The van der Waals surface area contributed by atoms with E-state index in [9.17, 15) is 9.59 Å². The third-order valence-corrected chi connectivity index (χ3v) is 1.76. The molecular weight excluding hydrogens is 196 g/mol. The van der Waals surface area contributed by atoms with Crippen LogP contribution in [0, 0.1) is 11.3 Å². The van der Waals surface area contributed by atoms with Gasteiger partial charge in [-0.15, -0.1) is 0 Å². The van der Waals surface area contributed by atoms with E-state index in [0.717, 1.165) is 7.11 Å². The molecule has 1 rings (SSSR count). The number of hydrogen-bond acceptors (Lipinski definition) is 5. The summed E-state index contributed by atoms with van der Waals surface area (Å²) >= 11 is 0. The summed E-state index contributed by atoms with van der Waals surface area (Å²) in [5, 5.41) is 8.78. The molecule has 0 aromatic carbocycles. The molecule has 0 radical (unpaired) electrons. The number of aromatic nitrogens is 1. The maximum Gasteiger partial charge on any atom is 0.376 e. The minimum absolute atomic E-state index is 0.246. The third-order valence-electron chi connectivity index (χ3n) is 1.76. The first kappa shape index (κ1) is 10.9. The molecule has 1 atom stereocenters. The van der Waals surface area contributed by atoms with Crippen LogP contribution < -0.4 is 0 Å². The van der Waals surface area contributed by atoms with Crippen molar-refractivity contribution >= 4 is 11.8 Å². The Morgan fingerprint density at radius 2 is 2.27 bits per heavy atom. The number of carbonyl (C=O) groups excluding carboxylic acids is 2. The zero-order chi connectivity index (χ0) is 11.3. The maximum absolute atomic E-state index is 11.4. The van der Waals surface area contributed by atoms with Gasteiger partial charge in [0.1, 0.15) is 0 Å². The van der Waals surface area contributed by atoms with Crippen LogP contribution in [0.3, 0.4) is 0 Å². The lowest BCUT2D eigenvalue weighted by molar-refractivity contribution is -0.151. The molecule has 0 aliphatic heterocycles. The van der Waals surface area contributed by atoms with Gasteiger partial charge in [-0.25, -0.2) is 4.79 Å². The van der Waals surface area contributed by atoms with Gasteiger partial charge in [0, 0.05) is 6.20 Å². The van der Waals surface area contributed by atoms with Crippen molar-refractivity contribution in [1.82, 2.24) is 4.98 Å². The standard InChI is InChI=1S/C10H8N2O3/c1-15-10(14)9(13)7(6-11)8-4-2-3-5-12-8/h2-5,7H,1H3/t7-/m0/s1. The molecule has 5 nitrogen and oxygen atoms in total. The van der Waals surface area contributed by atoms with Gasteiger partial charge in [0.25, 0.3) is 5.78 Å². The van der Waals surface area contributed by atoms with Crippen LogP contribution in [0.5, 0.6) is 0 Å². The summed E-state index contributed by atoms with van der Waals surface area (Å²) in [5.41, 5.74) is 0.246. The molecule has 0 N–H and O–H groups in total. The molecule has 0 aliphatic rings. The topological polar surface area (TPSA) is 80.0 Å². The first-order valence-corrected chi connectivity index (χ1v) is 4.13. The van der Waals surface area contributed by atoms with Crippen molar-refractivity contribution in [2.45, 2.75) is 5.92 Å². The Labute approximate surface area is 86.3 Å². The Hall–Kier alpha value is -2.22. The van der Waals surface area contributed by atoms with Crippen LogP contribution in [0.25, 0.3) is 0 Å². The van der Waals surface area contributed by atoms with E-state index >= 15 is 0 Å². The lowest BCUT2D eigenvalue weighted by atomic mass is 10.0. The molecule has 1 heterocycles. The second kappa shape index (κ2) is 4.86. The van der Waals surface area contributed by atoms with E-state index in [4.69, 9.17) is 5.26 Å². The molecular formula is C10H8N2O3. The summed E-state index contributed by atoms with van der Waals surface area (Å²) in [7, 11) is 1.09. The summed E-state index contributed by atoms with van der Waals surface area (Å²) in [6.07, 6.45) is 1.45. The van der Waals surface area contributed by atoms with Crippen LogP contribution >= 0.6 is 0 Å². The minimum Gasteiger partial charge on any atom is -0.463 e. The molecule has 0 aliphatic carbocycles. The zero-order valence-corrected chi connectivity index (χ0v) is 8.01. The normalized spacial score (nSPS) is 11.2. The van der Waals surface area contributed by atoms with Crippen LogP contribution in [-0.2, 0) is 14.3 Å². The van der Waals surface area contributed by atoms with E-state index in [1.54, 1.807) is 18.2 Å². The SMILES string of the molecule is COC(=O)C(=O)[C@@H](C#N)c1ccccn1. The fourth-order valence-electron chi connectivity index (χ4n) is 1.02. The highest BCUT2D eigenvalue weighted by atomic mass is 16.5. The monoisotopic (exact) mass is 204 g/mol. The highest BCUT2D eigenvalue weighted by molar-refractivity contribution is 6.36. The Morgan fingerprint density at radius 1 is 1.53 bits per heavy atom. The quantitative estimate of drug-likeness (QED) is 0.527. The van der Waals surface area contributed by atoms with E-state index in [2.05, 4.69) is 9.72 Å². The Bertz CT molecular complexity index is 408. The van der Waals surface area contributed by atoms with Crippen LogP contribution in [0.4, 0.5) is 0 Å². The number of Topliss-reactive ketones (excluding diaryl/α,β-unsaturated/α-hetero) is 1. The molecule has 0 bridgehead atoms. The molecule has 0 spiro atoms. The Morgan fingerprint density at radius 3 is 2.73 bits per heavy atom. The number of ether oxygens (including phenoxy) is 1. The van der Waals surface area contributed by atoms with Gasteiger partial charge in [-0.2, -0.15) is 5.26 Å². The molecule has 0 amide bonds. The number of ketones is 1. The van der Waals surface area contributed by atoms with Crippen LogP contribution in [0.2, 0.25) is 0 Å². The van der Waals surface area contributed by atoms with Gasteiger partial charge >= 0.3 is 5.97 Å². The number of hydrogen-bond donors (Lipinski definition) is 0. The molecule has 0 saturated heterocycles. The zero-order valence-electron chi connectivity index (χ0n) is 8.01. The van der Waals surface area contributed by atoms with Gasteiger partial charge in [0.15, 0.2) is 5.92 Å². The van der Waals surface area contributed by atoms with Crippen molar-refractivity contribution in [3.05, 3.63) is 30.1 Å². The number of nitrogens with zero attached hydrogens (tertiary/aromatic N) is 2. The van der Waals surface area contributed by atoms with Gasteiger partial charge in [-0.05, 0) is 12.1 Å². The van der Waals surface area contributed by atoms with Gasteiger partial charge in [0.05, 0.1) is 18.9 Å². The minimum atomic E-state index is -1.20. The highest BCUT2D eigenvalue weighted by Gasteiger charge is 2.28. The third kappa shape index (κ3) is 2.38. The first-order valence-electron chi connectivity index (χ1n) is 4.13. The summed E-state index contributed by atoms with van der Waals surface area (Å²) in [4.78, 5) is 26.1. The summed E-state index contributed by atoms with van der Waals surface area (Å²) < 4.78 is 4.25. The molecule has 1 aromatic heterocycles. The summed E-state index contributed by atoms with van der Waals surface area (Å²) in [5.74, 6) is -3.13. The molecule has 0 fully saturated rings. The van der Waals surface area contributed by atoms with Crippen LogP contribution in [0.1, 0.15) is 11.6 Å². The van der Waals surface area contributed by atoms with Crippen molar-refractivity contribution in [2.75, 3.05) is 7.11 Å². The fraction of sp³-hybridized carbons (Fsp3) is 0.200. The maximum atomic E-state index is 11.4. The molecule has 76 valence electrons. The van der Waals surface area contributed by atoms with Gasteiger partial charge in [-0.3, -0.25) is 9.78 Å². The largest absolute Gasteiger partial charge is 0.463 e. The van der Waals surface area contributed by atoms with Crippen molar-refractivity contribution in [1.29, 1.82) is 5.26 Å². The van der Waals surface area contributed by atoms with Crippen molar-refractivity contribution in [3.63, 3.8) is 0 Å².